The molecule has 1 aliphatic carbocycles. The lowest BCUT2D eigenvalue weighted by Crippen LogP contribution is -2.25. The Morgan fingerprint density at radius 1 is 1.43 bits per heavy atom. The maximum atomic E-state index is 11.3. The molecule has 1 unspecified atom stereocenters. The van der Waals surface area contributed by atoms with Crippen molar-refractivity contribution < 1.29 is 9.90 Å². The maximum Gasteiger partial charge on any atom is 0.314 e. The van der Waals surface area contributed by atoms with E-state index in [9.17, 15) is 9.90 Å². The smallest absolute Gasteiger partial charge is 0.314 e. The van der Waals surface area contributed by atoms with Gasteiger partial charge >= 0.3 is 5.97 Å². The van der Waals surface area contributed by atoms with E-state index < -0.39 is 11.4 Å². The topological polar surface area (TPSA) is 50.2 Å². The molecule has 0 aliphatic heterocycles. The van der Waals surface area contributed by atoms with Gasteiger partial charge in [0, 0.05) is 12.4 Å². The maximum absolute atomic E-state index is 11.3. The van der Waals surface area contributed by atoms with E-state index in [-0.39, 0.29) is 5.41 Å². The minimum absolute atomic E-state index is 0.139. The fraction of sp³-hybridized carbons (Fsp3) is 0.455. The van der Waals surface area contributed by atoms with Crippen LogP contribution < -0.4 is 0 Å². The van der Waals surface area contributed by atoms with Crippen LogP contribution in [-0.2, 0) is 10.2 Å². The summed E-state index contributed by atoms with van der Waals surface area (Å²) in [5, 5.41) is 9.27. The van der Waals surface area contributed by atoms with Crippen LogP contribution >= 0.6 is 0 Å². The summed E-state index contributed by atoms with van der Waals surface area (Å²) in [7, 11) is 0. The fourth-order valence-corrected chi connectivity index (χ4v) is 2.24. The molecule has 1 fully saturated rings. The summed E-state index contributed by atoms with van der Waals surface area (Å²) in [6.45, 7) is 3.98. The van der Waals surface area contributed by atoms with Crippen molar-refractivity contribution in [3.05, 3.63) is 30.1 Å². The van der Waals surface area contributed by atoms with E-state index in [0.717, 1.165) is 5.56 Å². The molecule has 1 heterocycles. The number of aromatic nitrogens is 1. The summed E-state index contributed by atoms with van der Waals surface area (Å²) in [5.41, 5.74) is 0.0425. The van der Waals surface area contributed by atoms with E-state index in [2.05, 4.69) is 4.98 Å². The third-order valence-electron chi connectivity index (χ3n) is 3.28. The standard InChI is InChI=1S/C11H13NO2/c1-10(2)7-11(10,9(13)14)8-3-5-12-6-4-8/h3-6H,7H2,1-2H3,(H,13,14). The molecule has 0 saturated heterocycles. The van der Waals surface area contributed by atoms with Gasteiger partial charge < -0.3 is 5.11 Å². The number of hydrogen-bond donors (Lipinski definition) is 1. The number of carboxylic acids is 1. The van der Waals surface area contributed by atoms with E-state index >= 15 is 0 Å². The minimum Gasteiger partial charge on any atom is -0.481 e. The van der Waals surface area contributed by atoms with Crippen LogP contribution in [0.3, 0.4) is 0 Å². The Hall–Kier alpha value is -1.38. The molecular weight excluding hydrogens is 178 g/mol. The Morgan fingerprint density at radius 2 is 1.93 bits per heavy atom. The van der Waals surface area contributed by atoms with E-state index in [4.69, 9.17) is 0 Å². The largest absolute Gasteiger partial charge is 0.481 e. The summed E-state index contributed by atoms with van der Waals surface area (Å²) in [6.07, 6.45) is 4.00. The monoisotopic (exact) mass is 191 g/mol. The number of pyridine rings is 1. The molecule has 1 aliphatic rings. The molecule has 1 N–H and O–H groups in total. The quantitative estimate of drug-likeness (QED) is 0.775. The van der Waals surface area contributed by atoms with Gasteiger partial charge in [0.05, 0.1) is 5.41 Å². The van der Waals surface area contributed by atoms with Gasteiger partial charge in [-0.25, -0.2) is 0 Å². The molecule has 0 radical (unpaired) electrons. The van der Waals surface area contributed by atoms with E-state index in [1.165, 1.54) is 0 Å². The van der Waals surface area contributed by atoms with Crippen LogP contribution in [0, 0.1) is 5.41 Å². The highest BCUT2D eigenvalue weighted by Crippen LogP contribution is 2.64. The molecule has 0 bridgehead atoms. The molecule has 1 aromatic heterocycles. The first kappa shape index (κ1) is 9.19. The highest BCUT2D eigenvalue weighted by molar-refractivity contribution is 5.87. The third kappa shape index (κ3) is 0.983. The molecule has 74 valence electrons. The lowest BCUT2D eigenvalue weighted by atomic mass is 9.89. The average molecular weight is 191 g/mol. The average Bonchev–Trinajstić information content (AvgIpc) is 2.72. The van der Waals surface area contributed by atoms with E-state index in [0.29, 0.717) is 6.42 Å². The number of hydrogen-bond acceptors (Lipinski definition) is 2. The van der Waals surface area contributed by atoms with Crippen molar-refractivity contribution in [1.29, 1.82) is 0 Å². The van der Waals surface area contributed by atoms with Crippen molar-refractivity contribution in [3.8, 4) is 0 Å². The molecule has 0 spiro atoms. The van der Waals surface area contributed by atoms with Gasteiger partial charge in [0.15, 0.2) is 0 Å². The van der Waals surface area contributed by atoms with Crippen molar-refractivity contribution in [2.45, 2.75) is 25.7 Å². The normalized spacial score (nSPS) is 28.4. The molecule has 1 atom stereocenters. The zero-order valence-electron chi connectivity index (χ0n) is 8.32. The van der Waals surface area contributed by atoms with Crippen molar-refractivity contribution in [2.24, 2.45) is 5.41 Å². The lowest BCUT2D eigenvalue weighted by Gasteiger charge is -2.15. The van der Waals surface area contributed by atoms with Crippen molar-refractivity contribution in [1.82, 2.24) is 4.98 Å². The Kier molecular flexibility index (Phi) is 1.68. The molecule has 1 aromatic rings. The van der Waals surface area contributed by atoms with Crippen molar-refractivity contribution in [3.63, 3.8) is 0 Å². The van der Waals surface area contributed by atoms with Crippen LogP contribution in [0.2, 0.25) is 0 Å². The molecule has 0 amide bonds. The first-order chi connectivity index (χ1) is 6.51. The van der Waals surface area contributed by atoms with Gasteiger partial charge in [-0.3, -0.25) is 9.78 Å². The molecule has 2 rings (SSSR count). The first-order valence-electron chi connectivity index (χ1n) is 4.65. The SMILES string of the molecule is CC1(C)CC1(C(=O)O)c1ccncc1. The lowest BCUT2D eigenvalue weighted by molar-refractivity contribution is -0.141. The number of carbonyl (C=O) groups is 1. The van der Waals surface area contributed by atoms with Crippen molar-refractivity contribution >= 4 is 5.97 Å². The fourth-order valence-electron chi connectivity index (χ4n) is 2.24. The predicted octanol–water partition coefficient (Wildman–Crippen LogP) is 1.83. The second kappa shape index (κ2) is 2.56. The van der Waals surface area contributed by atoms with Gasteiger partial charge in [0.2, 0.25) is 0 Å². The number of carboxylic acid groups (broad SMARTS) is 1. The van der Waals surface area contributed by atoms with E-state index in [1.807, 2.05) is 13.8 Å². The number of aliphatic carboxylic acids is 1. The van der Waals surface area contributed by atoms with Crippen LogP contribution in [0.5, 0.6) is 0 Å². The van der Waals surface area contributed by atoms with Gasteiger partial charge in [-0.1, -0.05) is 13.8 Å². The summed E-state index contributed by atoms with van der Waals surface area (Å²) in [6, 6.07) is 3.59. The predicted molar refractivity (Wildman–Crippen MR) is 51.9 cm³/mol. The zero-order valence-corrected chi connectivity index (χ0v) is 8.32. The highest BCUT2D eigenvalue weighted by atomic mass is 16.4. The van der Waals surface area contributed by atoms with Gasteiger partial charge in [0.1, 0.15) is 0 Å². The molecule has 1 saturated carbocycles. The van der Waals surface area contributed by atoms with Crippen LogP contribution in [0.15, 0.2) is 24.5 Å². The first-order valence-corrected chi connectivity index (χ1v) is 4.65. The number of rotatable bonds is 2. The summed E-state index contributed by atoms with van der Waals surface area (Å²) < 4.78 is 0. The van der Waals surface area contributed by atoms with Gasteiger partial charge in [-0.15, -0.1) is 0 Å². The Labute approximate surface area is 82.8 Å². The van der Waals surface area contributed by atoms with Crippen molar-refractivity contribution in [2.75, 3.05) is 0 Å². The van der Waals surface area contributed by atoms with Crippen LogP contribution in [0.4, 0.5) is 0 Å². The zero-order chi connectivity index (χ0) is 10.4. The summed E-state index contributed by atoms with van der Waals surface area (Å²) >= 11 is 0. The molecule has 0 aromatic carbocycles. The Balaban J connectivity index is 2.47. The van der Waals surface area contributed by atoms with Gasteiger partial charge in [-0.05, 0) is 29.5 Å². The van der Waals surface area contributed by atoms with Crippen LogP contribution in [-0.4, -0.2) is 16.1 Å². The van der Waals surface area contributed by atoms with Crippen LogP contribution in [0.25, 0.3) is 0 Å². The van der Waals surface area contributed by atoms with E-state index in [1.54, 1.807) is 24.5 Å². The molecule has 14 heavy (non-hydrogen) atoms. The Morgan fingerprint density at radius 3 is 2.29 bits per heavy atom. The van der Waals surface area contributed by atoms with Gasteiger partial charge in [0.25, 0.3) is 0 Å². The third-order valence-corrected chi connectivity index (χ3v) is 3.28. The highest BCUT2D eigenvalue weighted by Gasteiger charge is 2.67. The molecule has 3 heteroatoms. The molecule has 3 nitrogen and oxygen atoms in total. The summed E-state index contributed by atoms with van der Waals surface area (Å²) in [4.78, 5) is 15.2. The second-order valence-electron chi connectivity index (χ2n) is 4.51. The summed E-state index contributed by atoms with van der Waals surface area (Å²) in [5.74, 6) is -0.728. The van der Waals surface area contributed by atoms with Gasteiger partial charge in [-0.2, -0.15) is 0 Å². The minimum atomic E-state index is -0.728. The Bertz CT molecular complexity index is 372. The molecular formula is C11H13NO2. The second-order valence-corrected chi connectivity index (χ2v) is 4.51. The van der Waals surface area contributed by atoms with Crippen LogP contribution in [0.1, 0.15) is 25.8 Å². The number of nitrogens with zero attached hydrogens (tertiary/aromatic N) is 1.